The van der Waals surface area contributed by atoms with Crippen LogP contribution in [0.1, 0.15) is 17.8 Å². The lowest BCUT2D eigenvalue weighted by atomic mass is 9.38. The summed E-state index contributed by atoms with van der Waals surface area (Å²) in [5.74, 6) is 0.719. The van der Waals surface area contributed by atoms with Crippen molar-refractivity contribution in [1.82, 2.24) is 0 Å². The van der Waals surface area contributed by atoms with E-state index in [1.165, 1.54) is 0 Å². The summed E-state index contributed by atoms with van der Waals surface area (Å²) in [5, 5.41) is 17.6. The number of hydrogen-bond acceptors (Lipinski definition) is 5. The van der Waals surface area contributed by atoms with E-state index in [1.807, 2.05) is 18.2 Å². The highest BCUT2D eigenvalue weighted by Crippen LogP contribution is 2.31. The summed E-state index contributed by atoms with van der Waals surface area (Å²) in [4.78, 5) is 4.45. The zero-order valence-corrected chi connectivity index (χ0v) is 9.50. The summed E-state index contributed by atoms with van der Waals surface area (Å²) in [6, 6.07) is 5.68. The first-order valence-electron chi connectivity index (χ1n) is 5.70. The average molecular weight is 237 g/mol. The van der Waals surface area contributed by atoms with Crippen LogP contribution in [-0.2, 0) is 4.81 Å². The fourth-order valence-corrected chi connectivity index (χ4v) is 2.21. The Kier molecular flexibility index (Phi) is 4.01. The number of ether oxygens (including phenoxy) is 1. The van der Waals surface area contributed by atoms with Gasteiger partial charge in [-0.25, -0.2) is 0 Å². The molecular weight excluding hydrogens is 221 g/mol. The van der Waals surface area contributed by atoms with Crippen molar-refractivity contribution in [1.29, 1.82) is 0 Å². The zero-order chi connectivity index (χ0) is 12.3. The van der Waals surface area contributed by atoms with Crippen molar-refractivity contribution in [2.75, 3.05) is 19.8 Å². The number of fused-ring (bicyclic) bond motifs is 1. The van der Waals surface area contributed by atoms with Gasteiger partial charge in [0.05, 0.1) is 6.61 Å². The van der Waals surface area contributed by atoms with E-state index in [9.17, 15) is 0 Å². The molecule has 1 aromatic rings. The van der Waals surface area contributed by atoms with E-state index in [0.29, 0.717) is 25.3 Å². The van der Waals surface area contributed by atoms with Crippen LogP contribution in [0, 0.1) is 0 Å². The van der Waals surface area contributed by atoms with E-state index in [0.717, 1.165) is 11.0 Å². The van der Waals surface area contributed by atoms with Crippen LogP contribution in [0.25, 0.3) is 0 Å². The van der Waals surface area contributed by atoms with Crippen molar-refractivity contribution in [3.8, 4) is 5.75 Å². The summed E-state index contributed by atoms with van der Waals surface area (Å²) >= 11 is 0. The second-order valence-electron chi connectivity index (χ2n) is 4.05. The number of benzene rings is 1. The minimum atomic E-state index is -0.402. The summed E-state index contributed by atoms with van der Waals surface area (Å²) in [6.07, 6.45) is 0.578. The van der Waals surface area contributed by atoms with Gasteiger partial charge in [-0.15, -0.1) is 0 Å². The Bertz CT molecular complexity index is 388. The molecule has 0 amide bonds. The Morgan fingerprint density at radius 1 is 1.41 bits per heavy atom. The fourth-order valence-electron chi connectivity index (χ4n) is 2.21. The summed E-state index contributed by atoms with van der Waals surface area (Å²) in [6.45, 7) is 0.567. The first kappa shape index (κ1) is 12.4. The normalized spacial score (nSPS) is 17.6. The lowest BCUT2D eigenvalue weighted by Crippen LogP contribution is -2.55. The maximum Gasteiger partial charge on any atom is 0.385 e. The minimum Gasteiger partial charge on any atom is -0.494 e. The third-order valence-corrected chi connectivity index (χ3v) is 3.08. The molecule has 0 aromatic heterocycles. The van der Waals surface area contributed by atoms with Gasteiger partial charge in [-0.3, -0.25) is 5.26 Å². The molecule has 92 valence electrons. The Labute approximate surface area is 100 Å². The number of rotatable bonds is 6. The van der Waals surface area contributed by atoms with Gasteiger partial charge in [0.15, 0.2) is 0 Å². The van der Waals surface area contributed by atoms with Gasteiger partial charge >= 0.3 is 6.92 Å². The molecule has 17 heavy (non-hydrogen) atoms. The number of aliphatic hydroxyl groups is 1. The second kappa shape index (κ2) is 5.51. The molecule has 0 saturated carbocycles. The maximum atomic E-state index is 8.88. The number of nitrogens with two attached hydrogens (primary N) is 1. The standard InChI is InChI=1S/C11H16BNO4/c13-7-9-8-3-1-4-10(16-6-2-5-14)11(8)12(9)17-15/h1,3-4,9,14-15H,2,5-7,13H2. The maximum absolute atomic E-state index is 8.88. The Morgan fingerprint density at radius 2 is 2.24 bits per heavy atom. The van der Waals surface area contributed by atoms with Crippen LogP contribution in [0.3, 0.4) is 0 Å². The van der Waals surface area contributed by atoms with Crippen LogP contribution in [-0.4, -0.2) is 37.0 Å². The first-order valence-corrected chi connectivity index (χ1v) is 5.70. The van der Waals surface area contributed by atoms with E-state index in [2.05, 4.69) is 4.81 Å². The number of aliphatic hydroxyl groups excluding tert-OH is 1. The molecule has 1 heterocycles. The largest absolute Gasteiger partial charge is 0.494 e. The Morgan fingerprint density at radius 3 is 2.88 bits per heavy atom. The summed E-state index contributed by atoms with van der Waals surface area (Å²) in [5.41, 5.74) is 7.55. The lowest BCUT2D eigenvalue weighted by molar-refractivity contribution is -0.144. The van der Waals surface area contributed by atoms with Gasteiger partial charge in [-0.1, -0.05) is 12.1 Å². The second-order valence-corrected chi connectivity index (χ2v) is 4.05. The van der Waals surface area contributed by atoms with Crippen molar-refractivity contribution >= 4 is 12.4 Å². The molecule has 1 aliphatic heterocycles. The van der Waals surface area contributed by atoms with Crippen LogP contribution in [0.4, 0.5) is 0 Å². The van der Waals surface area contributed by atoms with Crippen LogP contribution in [0.5, 0.6) is 5.75 Å². The summed E-state index contributed by atoms with van der Waals surface area (Å²) < 4.78 is 5.54. The molecule has 0 fully saturated rings. The quantitative estimate of drug-likeness (QED) is 0.274. The van der Waals surface area contributed by atoms with Crippen molar-refractivity contribution in [2.45, 2.75) is 12.2 Å². The van der Waals surface area contributed by atoms with Crippen molar-refractivity contribution in [3.63, 3.8) is 0 Å². The smallest absolute Gasteiger partial charge is 0.385 e. The molecule has 0 spiro atoms. The number of hydrogen-bond donors (Lipinski definition) is 3. The van der Waals surface area contributed by atoms with Crippen molar-refractivity contribution in [2.24, 2.45) is 5.73 Å². The molecule has 0 aliphatic carbocycles. The molecule has 0 bridgehead atoms. The molecule has 6 heteroatoms. The highest BCUT2D eigenvalue weighted by Gasteiger charge is 2.45. The third-order valence-electron chi connectivity index (χ3n) is 3.08. The van der Waals surface area contributed by atoms with Crippen LogP contribution in [0.2, 0.25) is 0 Å². The molecule has 1 atom stereocenters. The molecule has 5 nitrogen and oxygen atoms in total. The van der Waals surface area contributed by atoms with Gasteiger partial charge in [-0.2, -0.15) is 0 Å². The average Bonchev–Trinajstić information content (AvgIpc) is 2.32. The van der Waals surface area contributed by atoms with Crippen molar-refractivity contribution in [3.05, 3.63) is 23.8 Å². The molecule has 1 unspecified atom stereocenters. The zero-order valence-electron chi connectivity index (χ0n) is 9.50. The highest BCUT2D eigenvalue weighted by molar-refractivity contribution is 6.75. The summed E-state index contributed by atoms with van der Waals surface area (Å²) in [7, 11) is 0. The molecule has 2 rings (SSSR count). The van der Waals surface area contributed by atoms with E-state index >= 15 is 0 Å². The molecular formula is C11H16BNO4. The minimum absolute atomic E-state index is 0.0244. The van der Waals surface area contributed by atoms with E-state index in [-0.39, 0.29) is 12.4 Å². The van der Waals surface area contributed by atoms with E-state index < -0.39 is 6.92 Å². The molecule has 1 aromatic carbocycles. The van der Waals surface area contributed by atoms with Gasteiger partial charge in [-0.05, 0) is 23.6 Å². The van der Waals surface area contributed by atoms with Gasteiger partial charge in [0, 0.05) is 18.8 Å². The third kappa shape index (κ3) is 2.17. The predicted octanol–water partition coefficient (Wildman–Crippen LogP) is -0.269. The predicted molar refractivity (Wildman–Crippen MR) is 64.5 cm³/mol. The van der Waals surface area contributed by atoms with E-state index in [1.54, 1.807) is 0 Å². The Balaban J connectivity index is 2.16. The van der Waals surface area contributed by atoms with E-state index in [4.69, 9.17) is 20.8 Å². The molecule has 1 aliphatic rings. The lowest BCUT2D eigenvalue weighted by Gasteiger charge is -2.34. The van der Waals surface area contributed by atoms with Gasteiger partial charge in [0.25, 0.3) is 0 Å². The molecule has 0 saturated heterocycles. The van der Waals surface area contributed by atoms with Gasteiger partial charge in [0.1, 0.15) is 5.75 Å². The topological polar surface area (TPSA) is 84.9 Å². The highest BCUT2D eigenvalue weighted by atomic mass is 17.1. The fraction of sp³-hybridized carbons (Fsp3) is 0.455. The monoisotopic (exact) mass is 237 g/mol. The SMILES string of the molecule is NCC1B(OO)c2c(OCCCO)cccc21. The van der Waals surface area contributed by atoms with Crippen LogP contribution >= 0.6 is 0 Å². The Hall–Kier alpha value is -1.08. The van der Waals surface area contributed by atoms with Crippen LogP contribution < -0.4 is 15.9 Å². The van der Waals surface area contributed by atoms with Gasteiger partial charge in [0.2, 0.25) is 0 Å². The molecule has 4 N–H and O–H groups in total. The first-order chi connectivity index (χ1) is 8.33. The van der Waals surface area contributed by atoms with Gasteiger partial charge < -0.3 is 20.4 Å². The van der Waals surface area contributed by atoms with Crippen molar-refractivity contribution < 1.29 is 19.9 Å². The molecule has 0 radical (unpaired) electrons. The van der Waals surface area contributed by atoms with Crippen LogP contribution in [0.15, 0.2) is 18.2 Å².